The second-order valence-electron chi connectivity index (χ2n) is 7.19. The molecule has 0 aliphatic carbocycles. The fourth-order valence-electron chi connectivity index (χ4n) is 3.73. The molecule has 0 bridgehead atoms. The van der Waals surface area contributed by atoms with Gasteiger partial charge in [-0.3, -0.25) is 9.69 Å². The maximum absolute atomic E-state index is 12.5. The summed E-state index contributed by atoms with van der Waals surface area (Å²) in [6, 6.07) is 15.7. The van der Waals surface area contributed by atoms with Crippen molar-refractivity contribution in [2.75, 3.05) is 32.8 Å². The summed E-state index contributed by atoms with van der Waals surface area (Å²) in [5, 5.41) is 3.81. The Morgan fingerprint density at radius 3 is 2.72 bits per heavy atom. The summed E-state index contributed by atoms with van der Waals surface area (Å²) in [5.41, 5.74) is 2.96. The Morgan fingerprint density at radius 1 is 1.17 bits per heavy atom. The van der Waals surface area contributed by atoms with E-state index in [4.69, 9.17) is 16.3 Å². The zero-order chi connectivity index (χ0) is 20.1. The van der Waals surface area contributed by atoms with Crippen LogP contribution in [-0.2, 0) is 16.0 Å². The lowest BCUT2D eigenvalue weighted by atomic mass is 10.0. The second-order valence-corrected chi connectivity index (χ2v) is 7.60. The number of imidazole rings is 1. The van der Waals surface area contributed by atoms with Crippen LogP contribution in [0, 0.1) is 0 Å². The molecule has 2 aromatic carbocycles. The highest BCUT2D eigenvalue weighted by Crippen LogP contribution is 2.27. The van der Waals surface area contributed by atoms with Gasteiger partial charge in [0.25, 0.3) is 0 Å². The van der Waals surface area contributed by atoms with E-state index in [2.05, 4.69) is 20.2 Å². The second kappa shape index (κ2) is 9.39. The molecule has 4 rings (SSSR count). The zero-order valence-electron chi connectivity index (χ0n) is 16.2. The van der Waals surface area contributed by atoms with Gasteiger partial charge < -0.3 is 15.0 Å². The van der Waals surface area contributed by atoms with Crippen molar-refractivity contribution < 1.29 is 9.53 Å². The number of ether oxygens (including phenoxy) is 1. The Labute approximate surface area is 175 Å². The van der Waals surface area contributed by atoms with E-state index in [1.165, 1.54) is 0 Å². The number of para-hydroxylation sites is 2. The molecule has 1 aliphatic rings. The van der Waals surface area contributed by atoms with E-state index in [1.807, 2.05) is 48.5 Å². The minimum Gasteiger partial charge on any atom is -0.379 e. The molecule has 1 atom stereocenters. The molecule has 1 unspecified atom stereocenters. The van der Waals surface area contributed by atoms with E-state index >= 15 is 0 Å². The highest BCUT2D eigenvalue weighted by molar-refractivity contribution is 6.31. The van der Waals surface area contributed by atoms with Crippen molar-refractivity contribution >= 4 is 28.5 Å². The Morgan fingerprint density at radius 2 is 1.93 bits per heavy atom. The summed E-state index contributed by atoms with van der Waals surface area (Å²) < 4.78 is 5.48. The fraction of sp³-hybridized carbons (Fsp3) is 0.364. The van der Waals surface area contributed by atoms with Crippen LogP contribution in [0.15, 0.2) is 48.5 Å². The van der Waals surface area contributed by atoms with Crippen LogP contribution in [0.4, 0.5) is 0 Å². The number of aromatic nitrogens is 2. The van der Waals surface area contributed by atoms with E-state index in [0.717, 1.165) is 40.5 Å². The monoisotopic (exact) mass is 412 g/mol. The molecule has 152 valence electrons. The first-order valence-electron chi connectivity index (χ1n) is 9.97. The Bertz CT molecular complexity index is 935. The summed E-state index contributed by atoms with van der Waals surface area (Å²) >= 11 is 6.45. The molecule has 1 aromatic heterocycles. The number of carbonyl (C=O) groups excluding carboxylic acids is 1. The Kier molecular flexibility index (Phi) is 6.44. The van der Waals surface area contributed by atoms with Gasteiger partial charge in [0.2, 0.25) is 5.91 Å². The number of halogens is 1. The van der Waals surface area contributed by atoms with Crippen molar-refractivity contribution in [2.45, 2.75) is 18.9 Å². The molecule has 0 saturated carbocycles. The van der Waals surface area contributed by atoms with Gasteiger partial charge in [-0.25, -0.2) is 4.98 Å². The molecule has 7 heteroatoms. The molecule has 3 aromatic rings. The number of aryl methyl sites for hydroxylation is 1. The lowest BCUT2D eigenvalue weighted by Gasteiger charge is -2.35. The molecule has 0 spiro atoms. The molecule has 2 N–H and O–H groups in total. The number of benzene rings is 2. The van der Waals surface area contributed by atoms with Gasteiger partial charge in [0.15, 0.2) is 0 Å². The third-order valence-electron chi connectivity index (χ3n) is 5.27. The highest BCUT2D eigenvalue weighted by Gasteiger charge is 2.24. The standard InChI is InChI=1S/C22H25ClN4O2/c23-17-6-2-1-5-16(17)20(27-11-13-29-14-12-27)15-24-22(28)10-9-21-25-18-7-3-4-8-19(18)26-21/h1-8,20H,9-15H2,(H,24,28)(H,25,26). The molecule has 29 heavy (non-hydrogen) atoms. The Hall–Kier alpha value is -2.41. The van der Waals surface area contributed by atoms with Gasteiger partial charge in [0, 0.05) is 37.5 Å². The summed E-state index contributed by atoms with van der Waals surface area (Å²) in [7, 11) is 0. The van der Waals surface area contributed by atoms with Crippen LogP contribution in [-0.4, -0.2) is 53.6 Å². The number of amides is 1. The molecular formula is C22H25ClN4O2. The van der Waals surface area contributed by atoms with Crippen LogP contribution in [0.25, 0.3) is 11.0 Å². The first-order chi connectivity index (χ1) is 14.2. The SMILES string of the molecule is O=C(CCc1nc2ccccc2[nH]1)NCC(c1ccccc1Cl)N1CCOCC1. The topological polar surface area (TPSA) is 70.2 Å². The number of fused-ring (bicyclic) bond motifs is 1. The molecular weight excluding hydrogens is 388 g/mol. The maximum atomic E-state index is 12.5. The minimum atomic E-state index is 0.00997. The van der Waals surface area contributed by atoms with Crippen molar-refractivity contribution in [3.05, 3.63) is 64.9 Å². The van der Waals surface area contributed by atoms with Crippen molar-refractivity contribution in [1.29, 1.82) is 0 Å². The van der Waals surface area contributed by atoms with Crippen LogP contribution in [0.3, 0.4) is 0 Å². The first kappa shape index (κ1) is 19.9. The maximum Gasteiger partial charge on any atom is 0.220 e. The predicted octanol–water partition coefficient (Wildman–Crippen LogP) is 3.34. The number of hydrogen-bond acceptors (Lipinski definition) is 4. The molecule has 1 saturated heterocycles. The number of rotatable bonds is 7. The minimum absolute atomic E-state index is 0.00997. The summed E-state index contributed by atoms with van der Waals surface area (Å²) in [4.78, 5) is 22.6. The Balaban J connectivity index is 1.37. The van der Waals surface area contributed by atoms with E-state index in [-0.39, 0.29) is 11.9 Å². The normalized spacial score (nSPS) is 16.0. The van der Waals surface area contributed by atoms with Crippen LogP contribution >= 0.6 is 11.6 Å². The number of hydrogen-bond donors (Lipinski definition) is 2. The number of nitrogens with one attached hydrogen (secondary N) is 2. The van der Waals surface area contributed by atoms with Gasteiger partial charge in [-0.1, -0.05) is 41.9 Å². The lowest BCUT2D eigenvalue weighted by molar-refractivity contribution is -0.121. The van der Waals surface area contributed by atoms with Crippen molar-refractivity contribution in [3.63, 3.8) is 0 Å². The molecule has 1 fully saturated rings. The van der Waals surface area contributed by atoms with Crippen LogP contribution in [0.2, 0.25) is 5.02 Å². The first-order valence-corrected chi connectivity index (χ1v) is 10.3. The molecule has 1 amide bonds. The summed E-state index contributed by atoms with van der Waals surface area (Å²) in [5.74, 6) is 0.841. The third kappa shape index (κ3) is 4.96. The molecule has 0 radical (unpaired) electrons. The van der Waals surface area contributed by atoms with Crippen LogP contribution in [0.1, 0.15) is 23.9 Å². The number of morpholine rings is 1. The number of nitrogens with zero attached hydrogens (tertiary/aromatic N) is 2. The summed E-state index contributed by atoms with van der Waals surface area (Å²) in [6.07, 6.45) is 0.965. The van der Waals surface area contributed by atoms with Crippen LogP contribution < -0.4 is 5.32 Å². The van der Waals surface area contributed by atoms with E-state index < -0.39 is 0 Å². The average molecular weight is 413 g/mol. The van der Waals surface area contributed by atoms with Gasteiger partial charge in [0.05, 0.1) is 30.3 Å². The highest BCUT2D eigenvalue weighted by atomic mass is 35.5. The smallest absolute Gasteiger partial charge is 0.220 e. The number of carbonyl (C=O) groups is 1. The molecule has 2 heterocycles. The van der Waals surface area contributed by atoms with Crippen molar-refractivity contribution in [1.82, 2.24) is 20.2 Å². The zero-order valence-corrected chi connectivity index (χ0v) is 17.0. The van der Waals surface area contributed by atoms with E-state index in [9.17, 15) is 4.79 Å². The van der Waals surface area contributed by atoms with Gasteiger partial charge >= 0.3 is 0 Å². The molecule has 6 nitrogen and oxygen atoms in total. The average Bonchev–Trinajstić information content (AvgIpc) is 3.17. The quantitative estimate of drug-likeness (QED) is 0.624. The van der Waals surface area contributed by atoms with E-state index in [0.29, 0.717) is 32.6 Å². The van der Waals surface area contributed by atoms with Crippen LogP contribution in [0.5, 0.6) is 0 Å². The van der Waals surface area contributed by atoms with Gasteiger partial charge in [0.1, 0.15) is 5.82 Å². The van der Waals surface area contributed by atoms with E-state index in [1.54, 1.807) is 0 Å². The lowest BCUT2D eigenvalue weighted by Crippen LogP contribution is -2.44. The predicted molar refractivity (Wildman–Crippen MR) is 114 cm³/mol. The largest absolute Gasteiger partial charge is 0.379 e. The van der Waals surface area contributed by atoms with Crippen molar-refractivity contribution in [3.8, 4) is 0 Å². The fourth-order valence-corrected chi connectivity index (χ4v) is 3.99. The summed E-state index contributed by atoms with van der Waals surface area (Å²) in [6.45, 7) is 3.56. The van der Waals surface area contributed by atoms with Gasteiger partial charge in [-0.2, -0.15) is 0 Å². The third-order valence-corrected chi connectivity index (χ3v) is 5.61. The number of aromatic amines is 1. The number of H-pyrrole nitrogens is 1. The molecule has 1 aliphatic heterocycles. The van der Waals surface area contributed by atoms with Crippen molar-refractivity contribution in [2.24, 2.45) is 0 Å². The van der Waals surface area contributed by atoms with Gasteiger partial charge in [-0.15, -0.1) is 0 Å². The van der Waals surface area contributed by atoms with Gasteiger partial charge in [-0.05, 0) is 23.8 Å².